The standard InChI is InChI=1S/C26H31N5O4S/c1-6-15-31-24(23(17(2)3)28-25(33)18-7-11-20(34-4)12-8-18)29-30-26(31)36-16-22(32)27-19-9-13-21(35-5)14-10-19/h6-14,17,23H,1,15-16H2,2-5H3,(H,27,32)(H,28,33)/t23-/m1/s1. The molecular formula is C26H31N5O4S. The zero-order chi connectivity index (χ0) is 26.1. The number of allylic oxidation sites excluding steroid dienone is 1. The lowest BCUT2D eigenvalue weighted by atomic mass is 10.0. The number of nitrogens with one attached hydrogen (secondary N) is 2. The maximum Gasteiger partial charge on any atom is 0.251 e. The van der Waals surface area contributed by atoms with E-state index in [-0.39, 0.29) is 23.5 Å². The highest BCUT2D eigenvalue weighted by atomic mass is 32.2. The minimum atomic E-state index is -0.394. The molecule has 0 aliphatic rings. The molecule has 1 atom stereocenters. The Morgan fingerprint density at radius 3 is 2.19 bits per heavy atom. The van der Waals surface area contributed by atoms with Gasteiger partial charge in [-0.15, -0.1) is 16.8 Å². The lowest BCUT2D eigenvalue weighted by Gasteiger charge is -2.22. The number of anilines is 1. The van der Waals surface area contributed by atoms with Crippen LogP contribution in [0.25, 0.3) is 0 Å². The number of ether oxygens (including phenoxy) is 2. The van der Waals surface area contributed by atoms with Crippen molar-refractivity contribution >= 4 is 29.3 Å². The van der Waals surface area contributed by atoms with Crippen molar-refractivity contribution in [2.75, 3.05) is 25.3 Å². The van der Waals surface area contributed by atoms with E-state index in [1.807, 2.05) is 18.4 Å². The molecule has 36 heavy (non-hydrogen) atoms. The van der Waals surface area contributed by atoms with E-state index >= 15 is 0 Å². The van der Waals surface area contributed by atoms with Gasteiger partial charge in [-0.25, -0.2) is 0 Å². The highest BCUT2D eigenvalue weighted by Gasteiger charge is 2.26. The first kappa shape index (κ1) is 26.8. The summed E-state index contributed by atoms with van der Waals surface area (Å²) in [5.74, 6) is 1.78. The van der Waals surface area contributed by atoms with Crippen LogP contribution in [0.3, 0.4) is 0 Å². The third-order valence-electron chi connectivity index (χ3n) is 5.35. The van der Waals surface area contributed by atoms with Crippen LogP contribution in [0.5, 0.6) is 11.5 Å². The monoisotopic (exact) mass is 509 g/mol. The van der Waals surface area contributed by atoms with Crippen molar-refractivity contribution in [3.63, 3.8) is 0 Å². The van der Waals surface area contributed by atoms with Crippen LogP contribution >= 0.6 is 11.8 Å². The van der Waals surface area contributed by atoms with E-state index in [1.54, 1.807) is 68.8 Å². The van der Waals surface area contributed by atoms with Crippen molar-refractivity contribution in [1.82, 2.24) is 20.1 Å². The van der Waals surface area contributed by atoms with Crippen molar-refractivity contribution in [2.24, 2.45) is 5.92 Å². The van der Waals surface area contributed by atoms with Gasteiger partial charge in [-0.2, -0.15) is 0 Å². The molecule has 1 aromatic heterocycles. The van der Waals surface area contributed by atoms with Crippen molar-refractivity contribution < 1.29 is 19.1 Å². The van der Waals surface area contributed by atoms with Gasteiger partial charge in [-0.1, -0.05) is 31.7 Å². The number of thioether (sulfide) groups is 1. The maximum absolute atomic E-state index is 12.9. The third-order valence-corrected chi connectivity index (χ3v) is 6.31. The molecule has 10 heteroatoms. The van der Waals surface area contributed by atoms with Gasteiger partial charge in [0.15, 0.2) is 11.0 Å². The van der Waals surface area contributed by atoms with Gasteiger partial charge in [-0.3, -0.25) is 9.59 Å². The fourth-order valence-corrected chi connectivity index (χ4v) is 4.19. The average Bonchev–Trinajstić information content (AvgIpc) is 3.28. The molecule has 0 saturated heterocycles. The largest absolute Gasteiger partial charge is 0.497 e. The molecule has 0 saturated carbocycles. The molecule has 0 unspecified atom stereocenters. The first-order valence-corrected chi connectivity index (χ1v) is 12.4. The fraction of sp³-hybridized carbons (Fsp3) is 0.308. The van der Waals surface area contributed by atoms with Gasteiger partial charge >= 0.3 is 0 Å². The third kappa shape index (κ3) is 6.88. The topological polar surface area (TPSA) is 107 Å². The number of hydrogen-bond acceptors (Lipinski definition) is 7. The lowest BCUT2D eigenvalue weighted by molar-refractivity contribution is -0.113. The zero-order valence-corrected chi connectivity index (χ0v) is 21.7. The highest BCUT2D eigenvalue weighted by Crippen LogP contribution is 2.26. The zero-order valence-electron chi connectivity index (χ0n) is 20.9. The number of amides is 2. The Morgan fingerprint density at radius 2 is 1.64 bits per heavy atom. The summed E-state index contributed by atoms with van der Waals surface area (Å²) in [5.41, 5.74) is 1.19. The molecule has 9 nitrogen and oxygen atoms in total. The van der Waals surface area contributed by atoms with Crippen LogP contribution < -0.4 is 20.1 Å². The van der Waals surface area contributed by atoms with Gasteiger partial charge in [0.2, 0.25) is 5.91 Å². The van der Waals surface area contributed by atoms with Gasteiger partial charge < -0.3 is 24.7 Å². The maximum atomic E-state index is 12.9. The van der Waals surface area contributed by atoms with Gasteiger partial charge in [0.05, 0.1) is 26.0 Å². The summed E-state index contributed by atoms with van der Waals surface area (Å²) in [6.45, 7) is 8.28. The number of nitrogens with zero attached hydrogens (tertiary/aromatic N) is 3. The van der Waals surface area contributed by atoms with Crippen LogP contribution in [0.15, 0.2) is 66.3 Å². The van der Waals surface area contributed by atoms with E-state index in [0.717, 1.165) is 0 Å². The molecular weight excluding hydrogens is 478 g/mol. The van der Waals surface area contributed by atoms with Crippen molar-refractivity contribution in [3.8, 4) is 11.5 Å². The summed E-state index contributed by atoms with van der Waals surface area (Å²) >= 11 is 1.27. The first-order chi connectivity index (χ1) is 17.4. The number of aromatic nitrogens is 3. The normalized spacial score (nSPS) is 11.6. The molecule has 190 valence electrons. The molecule has 0 aliphatic heterocycles. The summed E-state index contributed by atoms with van der Waals surface area (Å²) in [4.78, 5) is 25.4. The molecule has 2 amide bonds. The van der Waals surface area contributed by atoms with Crippen molar-refractivity contribution in [1.29, 1.82) is 0 Å². The summed E-state index contributed by atoms with van der Waals surface area (Å²) in [6.07, 6.45) is 1.73. The Balaban J connectivity index is 1.72. The van der Waals surface area contributed by atoms with E-state index in [4.69, 9.17) is 9.47 Å². The van der Waals surface area contributed by atoms with Crippen molar-refractivity contribution in [3.05, 3.63) is 72.6 Å². The Labute approximate surface area is 215 Å². The first-order valence-electron chi connectivity index (χ1n) is 11.4. The lowest BCUT2D eigenvalue weighted by Crippen LogP contribution is -2.33. The van der Waals surface area contributed by atoms with Crippen LogP contribution in [0, 0.1) is 5.92 Å². The van der Waals surface area contributed by atoms with Crippen LogP contribution in [0.1, 0.15) is 36.1 Å². The van der Waals surface area contributed by atoms with E-state index in [0.29, 0.717) is 40.3 Å². The Bertz CT molecular complexity index is 1180. The highest BCUT2D eigenvalue weighted by molar-refractivity contribution is 7.99. The van der Waals surface area contributed by atoms with E-state index in [1.165, 1.54) is 11.8 Å². The Morgan fingerprint density at radius 1 is 1.03 bits per heavy atom. The van der Waals surface area contributed by atoms with Gasteiger partial charge in [0, 0.05) is 17.8 Å². The molecule has 1 heterocycles. The second-order valence-electron chi connectivity index (χ2n) is 8.23. The molecule has 0 bridgehead atoms. The Hall–Kier alpha value is -3.79. The smallest absolute Gasteiger partial charge is 0.251 e. The van der Waals surface area contributed by atoms with Crippen LogP contribution in [0.2, 0.25) is 0 Å². The average molecular weight is 510 g/mol. The number of carbonyl (C=O) groups excluding carboxylic acids is 2. The quantitative estimate of drug-likeness (QED) is 0.276. The minimum Gasteiger partial charge on any atom is -0.497 e. The number of methoxy groups -OCH3 is 2. The molecule has 0 fully saturated rings. The van der Waals surface area contributed by atoms with Gasteiger partial charge in [-0.05, 0) is 54.4 Å². The molecule has 3 aromatic rings. The minimum absolute atomic E-state index is 0.0381. The second kappa shape index (κ2) is 12.8. The van der Waals surface area contributed by atoms with Crippen LogP contribution in [-0.4, -0.2) is 46.6 Å². The molecule has 3 rings (SSSR count). The predicted octanol–water partition coefficient (Wildman–Crippen LogP) is 4.34. The molecule has 0 aliphatic carbocycles. The van der Waals surface area contributed by atoms with Crippen molar-refractivity contribution in [2.45, 2.75) is 31.6 Å². The fourth-order valence-electron chi connectivity index (χ4n) is 3.44. The number of benzene rings is 2. The molecule has 0 radical (unpaired) electrons. The van der Waals surface area contributed by atoms with Gasteiger partial charge in [0.25, 0.3) is 5.91 Å². The van der Waals surface area contributed by atoms with E-state index < -0.39 is 6.04 Å². The predicted molar refractivity (Wildman–Crippen MR) is 141 cm³/mol. The summed E-state index contributed by atoms with van der Waals surface area (Å²) in [6, 6.07) is 13.6. The number of hydrogen-bond donors (Lipinski definition) is 2. The van der Waals surface area contributed by atoms with Crippen LogP contribution in [0.4, 0.5) is 5.69 Å². The molecule has 2 N–H and O–H groups in total. The van der Waals surface area contributed by atoms with Gasteiger partial charge in [0.1, 0.15) is 11.5 Å². The number of rotatable bonds is 12. The number of carbonyl (C=O) groups is 2. The molecule has 2 aromatic carbocycles. The van der Waals surface area contributed by atoms with Crippen LogP contribution in [-0.2, 0) is 11.3 Å². The Kier molecular flexibility index (Phi) is 9.52. The summed E-state index contributed by atoms with van der Waals surface area (Å²) in [5, 5.41) is 15.2. The SMILES string of the molecule is C=CCn1c(SCC(=O)Nc2ccc(OC)cc2)nnc1[C@H](NC(=O)c1ccc(OC)cc1)C(C)C. The summed E-state index contributed by atoms with van der Waals surface area (Å²) in [7, 11) is 3.17. The second-order valence-corrected chi connectivity index (χ2v) is 9.17. The van der Waals surface area contributed by atoms with E-state index in [9.17, 15) is 9.59 Å². The summed E-state index contributed by atoms with van der Waals surface area (Å²) < 4.78 is 12.2. The molecule has 0 spiro atoms. The van der Waals surface area contributed by atoms with E-state index in [2.05, 4.69) is 27.4 Å².